The summed E-state index contributed by atoms with van der Waals surface area (Å²) in [5, 5.41) is 3.31. The van der Waals surface area contributed by atoms with Crippen LogP contribution in [0.3, 0.4) is 0 Å². The van der Waals surface area contributed by atoms with Gasteiger partial charge < -0.3 is 10.1 Å². The van der Waals surface area contributed by atoms with E-state index in [4.69, 9.17) is 4.74 Å². The molecule has 4 nitrogen and oxygen atoms in total. The number of hydrogen-bond donors (Lipinski definition) is 1. The fourth-order valence-electron chi connectivity index (χ4n) is 2.13. The highest BCUT2D eigenvalue weighted by molar-refractivity contribution is 5.42. The highest BCUT2D eigenvalue weighted by Crippen LogP contribution is 2.14. The van der Waals surface area contributed by atoms with E-state index in [1.54, 1.807) is 0 Å². The van der Waals surface area contributed by atoms with Gasteiger partial charge in [0.1, 0.15) is 0 Å². The summed E-state index contributed by atoms with van der Waals surface area (Å²) in [6.07, 6.45) is 3.00. The first-order valence-corrected chi connectivity index (χ1v) is 6.26. The van der Waals surface area contributed by atoms with Gasteiger partial charge in [-0.1, -0.05) is 0 Å². The highest BCUT2D eigenvalue weighted by Gasteiger charge is 2.20. The van der Waals surface area contributed by atoms with Crippen molar-refractivity contribution < 1.29 is 4.74 Å². The van der Waals surface area contributed by atoms with Crippen LogP contribution >= 0.6 is 0 Å². The molecule has 2 rings (SSSR count). The lowest BCUT2D eigenvalue weighted by atomic mass is 10.2. The summed E-state index contributed by atoms with van der Waals surface area (Å²) in [4.78, 5) is 6.74. The van der Waals surface area contributed by atoms with Crippen molar-refractivity contribution in [1.29, 1.82) is 0 Å². The van der Waals surface area contributed by atoms with Crippen molar-refractivity contribution in [2.24, 2.45) is 0 Å². The molecule has 1 N–H and O–H groups in total. The summed E-state index contributed by atoms with van der Waals surface area (Å²) >= 11 is 0. The van der Waals surface area contributed by atoms with E-state index in [2.05, 4.69) is 35.2 Å². The van der Waals surface area contributed by atoms with E-state index in [1.165, 1.54) is 0 Å². The number of nitrogens with one attached hydrogen (secondary N) is 1. The van der Waals surface area contributed by atoms with Crippen molar-refractivity contribution in [2.45, 2.75) is 25.9 Å². The van der Waals surface area contributed by atoms with Crippen molar-refractivity contribution >= 4 is 5.69 Å². The zero-order valence-corrected chi connectivity index (χ0v) is 10.6. The van der Waals surface area contributed by atoms with Crippen LogP contribution in [0, 0.1) is 0 Å². The van der Waals surface area contributed by atoms with Gasteiger partial charge in [0, 0.05) is 37.6 Å². The minimum Gasteiger partial charge on any atom is -0.385 e. The topological polar surface area (TPSA) is 37.4 Å². The molecule has 0 radical (unpaired) electrons. The Morgan fingerprint density at radius 1 is 1.59 bits per heavy atom. The van der Waals surface area contributed by atoms with E-state index in [0.717, 1.165) is 44.1 Å². The zero-order chi connectivity index (χ0) is 12.1. The van der Waals surface area contributed by atoms with E-state index in [0.29, 0.717) is 6.04 Å². The van der Waals surface area contributed by atoms with Crippen LogP contribution in [0.5, 0.6) is 0 Å². The first-order chi connectivity index (χ1) is 8.29. The third-order valence-corrected chi connectivity index (χ3v) is 3.14. The average molecular weight is 235 g/mol. The van der Waals surface area contributed by atoms with Gasteiger partial charge in [0.25, 0.3) is 0 Å². The first-order valence-electron chi connectivity index (χ1n) is 6.26. The van der Waals surface area contributed by atoms with Gasteiger partial charge in [-0.2, -0.15) is 0 Å². The SMILES string of the molecule is CCNc1ccnc(CN(C)C2CCOC2)c1. The fourth-order valence-corrected chi connectivity index (χ4v) is 2.13. The number of aromatic nitrogens is 1. The van der Waals surface area contributed by atoms with E-state index in [9.17, 15) is 0 Å². The Hall–Kier alpha value is -1.13. The zero-order valence-electron chi connectivity index (χ0n) is 10.6. The third-order valence-electron chi connectivity index (χ3n) is 3.14. The second-order valence-corrected chi connectivity index (χ2v) is 4.50. The summed E-state index contributed by atoms with van der Waals surface area (Å²) in [6, 6.07) is 4.67. The molecule has 0 aliphatic carbocycles. The van der Waals surface area contributed by atoms with Crippen molar-refractivity contribution in [3.8, 4) is 0 Å². The lowest BCUT2D eigenvalue weighted by molar-refractivity contribution is 0.156. The molecule has 1 saturated heterocycles. The Balaban J connectivity index is 1.94. The highest BCUT2D eigenvalue weighted by atomic mass is 16.5. The maximum absolute atomic E-state index is 5.40. The van der Waals surface area contributed by atoms with Crippen LogP contribution < -0.4 is 5.32 Å². The van der Waals surface area contributed by atoms with Crippen LogP contribution in [0.15, 0.2) is 18.3 Å². The summed E-state index contributed by atoms with van der Waals surface area (Å²) in [5.41, 5.74) is 2.26. The normalized spacial score (nSPS) is 19.8. The average Bonchev–Trinajstić information content (AvgIpc) is 2.83. The van der Waals surface area contributed by atoms with E-state index < -0.39 is 0 Å². The van der Waals surface area contributed by atoms with Gasteiger partial charge in [0.05, 0.1) is 12.3 Å². The number of ether oxygens (including phenoxy) is 1. The Morgan fingerprint density at radius 3 is 3.18 bits per heavy atom. The van der Waals surface area contributed by atoms with Crippen LogP contribution in [0.1, 0.15) is 19.0 Å². The van der Waals surface area contributed by atoms with E-state index in [-0.39, 0.29) is 0 Å². The standard InChI is InChI=1S/C13H21N3O/c1-3-14-11-4-6-15-12(8-11)9-16(2)13-5-7-17-10-13/h4,6,8,13H,3,5,7,9-10H2,1-2H3,(H,14,15). The molecule has 94 valence electrons. The molecule has 1 aromatic rings. The molecule has 2 heterocycles. The molecule has 0 spiro atoms. The first kappa shape index (κ1) is 12.3. The lowest BCUT2D eigenvalue weighted by Gasteiger charge is -2.22. The Kier molecular flexibility index (Phi) is 4.34. The monoisotopic (exact) mass is 235 g/mol. The number of pyridine rings is 1. The predicted octanol–water partition coefficient (Wildman–Crippen LogP) is 1.73. The Labute approximate surface area is 103 Å². The van der Waals surface area contributed by atoms with Crippen LogP contribution in [-0.4, -0.2) is 42.7 Å². The molecular formula is C13H21N3O. The maximum atomic E-state index is 5.40. The Morgan fingerprint density at radius 2 is 2.47 bits per heavy atom. The van der Waals surface area contributed by atoms with Crippen molar-refractivity contribution in [2.75, 3.05) is 32.1 Å². The van der Waals surface area contributed by atoms with Crippen LogP contribution in [0.4, 0.5) is 5.69 Å². The minimum atomic E-state index is 0.541. The molecule has 1 aliphatic heterocycles. The van der Waals surface area contributed by atoms with E-state index >= 15 is 0 Å². The van der Waals surface area contributed by atoms with Crippen molar-refractivity contribution in [1.82, 2.24) is 9.88 Å². The summed E-state index contributed by atoms with van der Waals surface area (Å²) in [7, 11) is 2.14. The van der Waals surface area contributed by atoms with Crippen molar-refractivity contribution in [3.05, 3.63) is 24.0 Å². The van der Waals surface area contributed by atoms with Crippen LogP contribution in [-0.2, 0) is 11.3 Å². The van der Waals surface area contributed by atoms with Gasteiger partial charge >= 0.3 is 0 Å². The molecule has 17 heavy (non-hydrogen) atoms. The van der Waals surface area contributed by atoms with Gasteiger partial charge in [0.2, 0.25) is 0 Å². The van der Waals surface area contributed by atoms with Gasteiger partial charge in [-0.05, 0) is 32.5 Å². The molecule has 1 aliphatic rings. The molecule has 1 fully saturated rings. The summed E-state index contributed by atoms with van der Waals surface area (Å²) in [6.45, 7) is 5.66. The molecule has 4 heteroatoms. The molecule has 0 aromatic carbocycles. The van der Waals surface area contributed by atoms with Gasteiger partial charge in [0.15, 0.2) is 0 Å². The van der Waals surface area contributed by atoms with Gasteiger partial charge in [-0.3, -0.25) is 9.88 Å². The smallest absolute Gasteiger partial charge is 0.0622 e. The molecule has 0 bridgehead atoms. The molecule has 0 amide bonds. The second kappa shape index (κ2) is 5.98. The van der Waals surface area contributed by atoms with Crippen LogP contribution in [0.25, 0.3) is 0 Å². The van der Waals surface area contributed by atoms with Gasteiger partial charge in [-0.25, -0.2) is 0 Å². The minimum absolute atomic E-state index is 0.541. The number of likely N-dealkylation sites (N-methyl/N-ethyl adjacent to an activating group) is 1. The number of rotatable bonds is 5. The molecule has 1 unspecified atom stereocenters. The third kappa shape index (κ3) is 3.41. The molecule has 0 saturated carbocycles. The van der Waals surface area contributed by atoms with E-state index in [1.807, 2.05) is 12.3 Å². The quantitative estimate of drug-likeness (QED) is 0.843. The fraction of sp³-hybridized carbons (Fsp3) is 0.615. The number of anilines is 1. The maximum Gasteiger partial charge on any atom is 0.0622 e. The summed E-state index contributed by atoms with van der Waals surface area (Å²) < 4.78 is 5.40. The number of nitrogens with zero attached hydrogens (tertiary/aromatic N) is 2. The second-order valence-electron chi connectivity index (χ2n) is 4.50. The Bertz CT molecular complexity index is 350. The molecule has 1 aromatic heterocycles. The molecule has 1 atom stereocenters. The molecular weight excluding hydrogens is 214 g/mol. The van der Waals surface area contributed by atoms with Crippen molar-refractivity contribution in [3.63, 3.8) is 0 Å². The largest absolute Gasteiger partial charge is 0.385 e. The van der Waals surface area contributed by atoms with Gasteiger partial charge in [-0.15, -0.1) is 0 Å². The van der Waals surface area contributed by atoms with Crippen LogP contribution in [0.2, 0.25) is 0 Å². The predicted molar refractivity (Wildman–Crippen MR) is 69.1 cm³/mol. The lowest BCUT2D eigenvalue weighted by Crippen LogP contribution is -2.31. The number of hydrogen-bond acceptors (Lipinski definition) is 4. The summed E-state index contributed by atoms with van der Waals surface area (Å²) in [5.74, 6) is 0.